The van der Waals surface area contributed by atoms with Gasteiger partial charge in [-0.05, 0) is 35.7 Å². The summed E-state index contributed by atoms with van der Waals surface area (Å²) in [6.45, 7) is 0. The highest BCUT2D eigenvalue weighted by atomic mass is 32.2. The maximum absolute atomic E-state index is 13.8. The van der Waals surface area contributed by atoms with Crippen molar-refractivity contribution in [3.05, 3.63) is 111 Å². The minimum absolute atomic E-state index is 0.0124. The molecule has 0 spiro atoms. The maximum atomic E-state index is 13.8. The van der Waals surface area contributed by atoms with E-state index in [4.69, 9.17) is 4.42 Å². The van der Waals surface area contributed by atoms with Crippen LogP contribution >= 0.6 is 11.8 Å². The van der Waals surface area contributed by atoms with E-state index in [1.165, 1.54) is 0 Å². The molecule has 0 fully saturated rings. The van der Waals surface area contributed by atoms with Crippen molar-refractivity contribution in [2.45, 2.75) is 22.3 Å². The third-order valence-corrected chi connectivity index (χ3v) is 7.04. The molecule has 0 radical (unpaired) electrons. The van der Waals surface area contributed by atoms with E-state index in [2.05, 4.69) is 0 Å². The van der Waals surface area contributed by atoms with Gasteiger partial charge in [-0.15, -0.1) is 0 Å². The predicted molar refractivity (Wildman–Crippen MR) is 125 cm³/mol. The molecule has 1 aliphatic rings. The Morgan fingerprint density at radius 2 is 1.62 bits per heavy atom. The average molecular weight is 439 g/mol. The number of nitrogens with zero attached hydrogens (tertiary/aromatic N) is 1. The zero-order valence-corrected chi connectivity index (χ0v) is 17.6. The molecule has 3 heterocycles. The van der Waals surface area contributed by atoms with Crippen LogP contribution in [0.1, 0.15) is 17.2 Å². The van der Waals surface area contributed by atoms with Crippen molar-refractivity contribution < 1.29 is 9.52 Å². The number of para-hydroxylation sites is 1. The third kappa shape index (κ3) is 2.73. The fraction of sp³-hybridized carbons (Fsp3) is 0.0769. The largest absolute Gasteiger partial charge is 0.505 e. The monoisotopic (exact) mass is 439 g/mol. The Labute approximate surface area is 186 Å². The van der Waals surface area contributed by atoms with E-state index in [0.717, 1.165) is 33.3 Å². The van der Waals surface area contributed by atoms with Gasteiger partial charge in [0.15, 0.2) is 11.3 Å². The number of fused-ring (bicyclic) bond motifs is 2. The average Bonchev–Trinajstić information content (AvgIpc) is 3.22. The van der Waals surface area contributed by atoms with E-state index >= 15 is 0 Å². The molecule has 0 saturated heterocycles. The van der Waals surface area contributed by atoms with Gasteiger partial charge >= 0.3 is 5.63 Å². The minimum Gasteiger partial charge on any atom is -0.505 e. The number of hydrogen-bond donors (Lipinski definition) is 1. The van der Waals surface area contributed by atoms with Gasteiger partial charge in [-0.1, -0.05) is 72.4 Å². The molecule has 0 aliphatic carbocycles. The van der Waals surface area contributed by atoms with Crippen LogP contribution in [0.5, 0.6) is 5.75 Å². The third-order valence-electron chi connectivity index (χ3n) is 5.97. The minimum atomic E-state index is -0.661. The summed E-state index contributed by atoms with van der Waals surface area (Å²) < 4.78 is 7.40. The number of benzene rings is 3. The van der Waals surface area contributed by atoms with Gasteiger partial charge < -0.3 is 9.52 Å². The van der Waals surface area contributed by atoms with Gasteiger partial charge in [-0.3, -0.25) is 9.36 Å². The zero-order valence-electron chi connectivity index (χ0n) is 16.8. The highest BCUT2D eigenvalue weighted by Gasteiger charge is 2.31. The first-order chi connectivity index (χ1) is 15.6. The molecular formula is C26H17NO4S. The van der Waals surface area contributed by atoms with Crippen LogP contribution < -0.4 is 11.2 Å². The molecule has 5 nitrogen and oxygen atoms in total. The summed E-state index contributed by atoms with van der Waals surface area (Å²) in [6, 6.07) is 24.6. The number of aromatic hydroxyl groups is 1. The van der Waals surface area contributed by atoms with Crippen molar-refractivity contribution in [2.24, 2.45) is 0 Å². The maximum Gasteiger partial charge on any atom is 0.354 e. The van der Waals surface area contributed by atoms with Crippen LogP contribution in [0, 0.1) is 0 Å². The second-order valence-electron chi connectivity index (χ2n) is 7.81. The van der Waals surface area contributed by atoms with E-state index in [0.29, 0.717) is 11.8 Å². The predicted octanol–water partition coefficient (Wildman–Crippen LogP) is 5.11. The zero-order chi connectivity index (χ0) is 21.8. The van der Waals surface area contributed by atoms with Crippen LogP contribution in [0.15, 0.2) is 103 Å². The van der Waals surface area contributed by atoms with Crippen LogP contribution in [0.4, 0.5) is 0 Å². The lowest BCUT2D eigenvalue weighted by molar-refractivity contribution is 0.446. The molecule has 1 unspecified atom stereocenters. The van der Waals surface area contributed by atoms with Gasteiger partial charge in [0.1, 0.15) is 10.3 Å². The number of aromatic nitrogens is 1. The molecule has 32 heavy (non-hydrogen) atoms. The Kier molecular flexibility index (Phi) is 4.23. The van der Waals surface area contributed by atoms with Crippen LogP contribution in [0.2, 0.25) is 0 Å². The van der Waals surface area contributed by atoms with Gasteiger partial charge in [0.05, 0.1) is 11.6 Å². The lowest BCUT2D eigenvalue weighted by Gasteiger charge is -2.16. The summed E-state index contributed by atoms with van der Waals surface area (Å²) in [4.78, 5) is 27.4. The Bertz CT molecular complexity index is 1620. The molecule has 0 saturated carbocycles. The number of pyridine rings is 1. The van der Waals surface area contributed by atoms with Crippen LogP contribution in [-0.4, -0.2) is 9.67 Å². The van der Waals surface area contributed by atoms with Crippen molar-refractivity contribution in [1.29, 1.82) is 0 Å². The van der Waals surface area contributed by atoms with Crippen molar-refractivity contribution in [3.8, 4) is 5.75 Å². The van der Waals surface area contributed by atoms with Crippen LogP contribution in [0.3, 0.4) is 0 Å². The molecule has 3 aromatic carbocycles. The van der Waals surface area contributed by atoms with Gasteiger partial charge in [0.2, 0.25) is 0 Å². The molecule has 0 amide bonds. The Hall–Kier alpha value is -3.77. The topological polar surface area (TPSA) is 72.4 Å². The summed E-state index contributed by atoms with van der Waals surface area (Å²) in [6.07, 6.45) is 0.656. The number of hydrogen-bond acceptors (Lipinski definition) is 5. The van der Waals surface area contributed by atoms with Gasteiger partial charge in [-0.25, -0.2) is 4.79 Å². The summed E-state index contributed by atoms with van der Waals surface area (Å²) in [5.74, 6) is -0.329. The smallest absolute Gasteiger partial charge is 0.354 e. The lowest BCUT2D eigenvalue weighted by atomic mass is 10.0. The lowest BCUT2D eigenvalue weighted by Crippen LogP contribution is -2.24. The van der Waals surface area contributed by atoms with Crippen LogP contribution in [0.25, 0.3) is 21.9 Å². The van der Waals surface area contributed by atoms with E-state index in [1.807, 2.05) is 78.9 Å². The quantitative estimate of drug-likeness (QED) is 0.396. The highest BCUT2D eigenvalue weighted by Crippen LogP contribution is 2.41. The van der Waals surface area contributed by atoms with E-state index in [9.17, 15) is 14.7 Å². The van der Waals surface area contributed by atoms with Gasteiger partial charge in [0.25, 0.3) is 5.56 Å². The summed E-state index contributed by atoms with van der Waals surface area (Å²) in [7, 11) is 0. The first-order valence-electron chi connectivity index (χ1n) is 10.3. The summed E-state index contributed by atoms with van der Waals surface area (Å²) >= 11 is 1.09. The van der Waals surface area contributed by atoms with Gasteiger partial charge in [0, 0.05) is 10.3 Å². The second-order valence-corrected chi connectivity index (χ2v) is 8.89. The van der Waals surface area contributed by atoms with E-state index < -0.39 is 5.63 Å². The molecule has 5 aromatic rings. The standard InChI is InChI=1S/C26H17NO4S/c28-22-20-23(31-26(30)24(22)32-17-11-5-2-6-12-17)18-13-7-10-16-14-19(15-8-3-1-4-9-15)27(21(16)18)25(20)29/h1-13,19,28H,14H2. The SMILES string of the molecule is O=c1oc2c(c(O)c1Sc1ccccc1)c(=O)n1c3c(cccc23)CC1c1ccccc1. The van der Waals surface area contributed by atoms with E-state index in [-0.39, 0.29) is 33.2 Å². The molecular weight excluding hydrogens is 422 g/mol. The fourth-order valence-electron chi connectivity index (χ4n) is 4.58. The van der Waals surface area contributed by atoms with Crippen molar-refractivity contribution in [1.82, 2.24) is 4.57 Å². The first-order valence-corrected chi connectivity index (χ1v) is 11.1. The van der Waals surface area contributed by atoms with Crippen molar-refractivity contribution in [2.75, 3.05) is 0 Å². The summed E-state index contributed by atoms with van der Waals surface area (Å²) in [5, 5.41) is 11.8. The molecule has 1 N–H and O–H groups in total. The molecule has 1 atom stereocenters. The Morgan fingerprint density at radius 1 is 0.906 bits per heavy atom. The first kappa shape index (κ1) is 19.0. The van der Waals surface area contributed by atoms with Gasteiger partial charge in [-0.2, -0.15) is 0 Å². The fourth-order valence-corrected chi connectivity index (χ4v) is 5.43. The molecule has 156 valence electrons. The second kappa shape index (κ2) is 7.14. The molecule has 0 bridgehead atoms. The van der Waals surface area contributed by atoms with E-state index in [1.54, 1.807) is 4.57 Å². The summed E-state index contributed by atoms with van der Waals surface area (Å²) in [5.41, 5.74) is 1.90. The van der Waals surface area contributed by atoms with Crippen molar-refractivity contribution >= 4 is 33.6 Å². The highest BCUT2D eigenvalue weighted by molar-refractivity contribution is 7.99. The normalized spacial score (nSPS) is 14.9. The Balaban J connectivity index is 1.68. The molecule has 6 heteroatoms. The number of rotatable bonds is 3. The van der Waals surface area contributed by atoms with Crippen LogP contribution in [-0.2, 0) is 6.42 Å². The molecule has 2 aromatic heterocycles. The molecule has 6 rings (SSSR count). The molecule has 1 aliphatic heterocycles. The Morgan fingerprint density at radius 3 is 2.38 bits per heavy atom. The van der Waals surface area contributed by atoms with Crippen molar-refractivity contribution in [3.63, 3.8) is 0 Å².